The predicted molar refractivity (Wildman–Crippen MR) is 139 cm³/mol. The van der Waals surface area contributed by atoms with Crippen molar-refractivity contribution in [3.63, 3.8) is 0 Å². The van der Waals surface area contributed by atoms with Crippen LogP contribution in [0.1, 0.15) is 27.7 Å². The fourth-order valence-electron chi connectivity index (χ4n) is 5.65. The van der Waals surface area contributed by atoms with E-state index >= 15 is 0 Å². The summed E-state index contributed by atoms with van der Waals surface area (Å²) in [6, 6.07) is 0. The Balaban J connectivity index is 1.56. The monoisotopic (exact) mass is 660 g/mol. The molecule has 20 atom stereocenters. The van der Waals surface area contributed by atoms with E-state index in [1.165, 1.54) is 20.8 Å². The maximum atomic E-state index is 11.7. The Morgan fingerprint density at radius 3 is 1.67 bits per heavy atom. The third kappa shape index (κ3) is 7.60. The van der Waals surface area contributed by atoms with Crippen molar-refractivity contribution in [1.82, 2.24) is 0 Å². The van der Waals surface area contributed by atoms with E-state index in [0.717, 1.165) is 6.92 Å². The minimum atomic E-state index is -1.91. The number of aliphatic hydroxyl groups excluding tert-OH is 10. The van der Waals surface area contributed by atoms with Crippen LogP contribution in [0.25, 0.3) is 0 Å². The van der Waals surface area contributed by atoms with E-state index in [9.17, 15) is 55.9 Å². The van der Waals surface area contributed by atoms with E-state index in [1.807, 2.05) is 0 Å². The molecule has 0 spiro atoms. The lowest BCUT2D eigenvalue weighted by Crippen LogP contribution is -2.67. The summed E-state index contributed by atoms with van der Waals surface area (Å²) in [7, 11) is 0. The molecule has 9 unspecified atom stereocenters. The molecule has 4 aliphatic heterocycles. The van der Waals surface area contributed by atoms with Crippen molar-refractivity contribution in [3.05, 3.63) is 0 Å². The normalized spacial score (nSPS) is 52.8. The summed E-state index contributed by atoms with van der Waals surface area (Å²) in [5.74, 6) is -0.837. The molecule has 0 radical (unpaired) electrons. The number of hydrogen-bond donors (Lipinski definition) is 10. The van der Waals surface area contributed by atoms with Crippen molar-refractivity contribution in [2.75, 3.05) is 6.61 Å². The van der Waals surface area contributed by atoms with Gasteiger partial charge in [-0.15, -0.1) is 0 Å². The third-order valence-corrected chi connectivity index (χ3v) is 8.37. The first kappa shape index (κ1) is 36.6. The Morgan fingerprint density at radius 2 is 1.04 bits per heavy atom. The van der Waals surface area contributed by atoms with Gasteiger partial charge < -0.3 is 89.0 Å². The number of esters is 1. The molecule has 4 aliphatic rings. The second kappa shape index (κ2) is 14.9. The van der Waals surface area contributed by atoms with E-state index in [-0.39, 0.29) is 0 Å². The highest BCUT2D eigenvalue weighted by Crippen LogP contribution is 2.35. The maximum Gasteiger partial charge on any atom is 0.303 e. The number of ether oxygens (including phenoxy) is 8. The molecule has 4 rings (SSSR count). The molecule has 0 amide bonds. The van der Waals surface area contributed by atoms with Gasteiger partial charge in [-0.25, -0.2) is 0 Å². The first-order valence-electron chi connectivity index (χ1n) is 14.6. The summed E-state index contributed by atoms with van der Waals surface area (Å²) < 4.78 is 44.3. The van der Waals surface area contributed by atoms with Gasteiger partial charge in [0.2, 0.25) is 0 Å². The molecule has 0 aromatic rings. The Kier molecular flexibility index (Phi) is 12.1. The molecular weight excluding hydrogens is 616 g/mol. The van der Waals surface area contributed by atoms with Gasteiger partial charge in [0, 0.05) is 6.92 Å². The summed E-state index contributed by atoms with van der Waals surface area (Å²) in [6.07, 6.45) is -31.5. The Hall–Kier alpha value is -1.21. The number of hydrogen-bond acceptors (Lipinski definition) is 19. The molecule has 4 fully saturated rings. The highest BCUT2D eigenvalue weighted by atomic mass is 16.8. The van der Waals surface area contributed by atoms with Crippen LogP contribution in [0.5, 0.6) is 0 Å². The molecule has 262 valence electrons. The van der Waals surface area contributed by atoms with Crippen LogP contribution in [0, 0.1) is 0 Å². The molecule has 0 aliphatic carbocycles. The van der Waals surface area contributed by atoms with E-state index in [0.29, 0.717) is 0 Å². The van der Waals surface area contributed by atoms with Crippen LogP contribution in [0.4, 0.5) is 0 Å². The van der Waals surface area contributed by atoms with Gasteiger partial charge in [0.25, 0.3) is 0 Å². The lowest BCUT2D eigenvalue weighted by Gasteiger charge is -2.49. The zero-order valence-electron chi connectivity index (χ0n) is 24.9. The van der Waals surface area contributed by atoms with Gasteiger partial charge in [0.15, 0.2) is 31.3 Å². The van der Waals surface area contributed by atoms with Gasteiger partial charge in [0.05, 0.1) is 24.9 Å². The molecule has 0 saturated carbocycles. The highest BCUT2D eigenvalue weighted by molar-refractivity contribution is 5.66. The van der Waals surface area contributed by atoms with Crippen molar-refractivity contribution < 1.29 is 93.8 Å². The summed E-state index contributed by atoms with van der Waals surface area (Å²) in [5, 5.41) is 105. The van der Waals surface area contributed by atoms with E-state index in [1.54, 1.807) is 0 Å². The molecule has 10 N–H and O–H groups in total. The van der Waals surface area contributed by atoms with Gasteiger partial charge in [-0.05, 0) is 20.8 Å². The Bertz CT molecular complexity index is 973. The van der Waals surface area contributed by atoms with Crippen LogP contribution in [-0.4, -0.2) is 186 Å². The first-order valence-corrected chi connectivity index (χ1v) is 14.6. The topological polar surface area (TPSA) is 293 Å². The zero-order chi connectivity index (χ0) is 33.5. The molecule has 0 aromatic heterocycles. The van der Waals surface area contributed by atoms with Crippen molar-refractivity contribution in [3.8, 4) is 0 Å². The van der Waals surface area contributed by atoms with Gasteiger partial charge >= 0.3 is 5.97 Å². The average molecular weight is 661 g/mol. The number of carbonyl (C=O) groups is 1. The average Bonchev–Trinajstić information content (AvgIpc) is 2.98. The first-order chi connectivity index (χ1) is 21.1. The lowest BCUT2D eigenvalue weighted by molar-refractivity contribution is -0.392. The predicted octanol–water partition coefficient (Wildman–Crippen LogP) is -6.10. The number of aliphatic hydroxyl groups is 10. The zero-order valence-corrected chi connectivity index (χ0v) is 24.9. The number of carbonyl (C=O) groups excluding carboxylic acids is 1. The maximum absolute atomic E-state index is 11.7. The second-order valence-electron chi connectivity index (χ2n) is 11.7. The standard InChI is InChI=1S/C26H44O19/c1-6-11(29)16(34)21(26(40-6)44-20-13(31)7(2)38-23(37)22(20)41-9(4)28)45-25-18(36)19(12(30)8(3)39-25)43-24-17(35)15(33)14(32)10(5-27)42-24/h6-8,10-27,29-37H,5H2,1-4H3/t6?,7?,8?,10?,11-,12-,13-,14+,15?,16?,17?,18-,19?,20?,21-,22+,23+,24+,25-,26-/m0/s1. The van der Waals surface area contributed by atoms with Crippen LogP contribution in [-0.2, 0) is 42.7 Å². The Labute approximate surface area is 257 Å². The van der Waals surface area contributed by atoms with Crippen molar-refractivity contribution >= 4 is 5.97 Å². The smallest absolute Gasteiger partial charge is 0.303 e. The van der Waals surface area contributed by atoms with E-state index in [2.05, 4.69) is 0 Å². The van der Waals surface area contributed by atoms with Crippen LogP contribution in [0.15, 0.2) is 0 Å². The fraction of sp³-hybridized carbons (Fsp3) is 0.962. The largest absolute Gasteiger partial charge is 0.454 e. The quantitative estimate of drug-likeness (QED) is 0.108. The van der Waals surface area contributed by atoms with Crippen molar-refractivity contribution in [1.29, 1.82) is 0 Å². The van der Waals surface area contributed by atoms with Crippen LogP contribution in [0.2, 0.25) is 0 Å². The summed E-state index contributed by atoms with van der Waals surface area (Å²) in [4.78, 5) is 11.7. The molecule has 4 heterocycles. The summed E-state index contributed by atoms with van der Waals surface area (Å²) >= 11 is 0. The van der Waals surface area contributed by atoms with E-state index in [4.69, 9.17) is 37.9 Å². The van der Waals surface area contributed by atoms with Gasteiger partial charge in [-0.1, -0.05) is 0 Å². The highest BCUT2D eigenvalue weighted by Gasteiger charge is 2.55. The molecule has 4 saturated heterocycles. The molecule has 45 heavy (non-hydrogen) atoms. The molecular formula is C26H44O19. The van der Waals surface area contributed by atoms with Crippen LogP contribution >= 0.6 is 0 Å². The van der Waals surface area contributed by atoms with Crippen molar-refractivity contribution in [2.45, 2.75) is 151 Å². The van der Waals surface area contributed by atoms with Crippen LogP contribution < -0.4 is 0 Å². The van der Waals surface area contributed by atoms with E-state index < -0.39 is 135 Å². The second-order valence-corrected chi connectivity index (χ2v) is 11.7. The molecule has 0 aromatic carbocycles. The fourth-order valence-corrected chi connectivity index (χ4v) is 5.65. The summed E-state index contributed by atoms with van der Waals surface area (Å²) in [6.45, 7) is 4.49. The number of rotatable bonds is 8. The minimum Gasteiger partial charge on any atom is -0.454 e. The van der Waals surface area contributed by atoms with Crippen molar-refractivity contribution in [2.24, 2.45) is 0 Å². The lowest BCUT2D eigenvalue weighted by atomic mass is 9.96. The van der Waals surface area contributed by atoms with Gasteiger partial charge in [-0.2, -0.15) is 0 Å². The molecule has 0 bridgehead atoms. The van der Waals surface area contributed by atoms with Crippen LogP contribution in [0.3, 0.4) is 0 Å². The van der Waals surface area contributed by atoms with Gasteiger partial charge in [-0.3, -0.25) is 4.79 Å². The Morgan fingerprint density at radius 1 is 0.533 bits per heavy atom. The minimum absolute atomic E-state index is 0.760. The molecule has 19 nitrogen and oxygen atoms in total. The van der Waals surface area contributed by atoms with Gasteiger partial charge in [0.1, 0.15) is 73.2 Å². The SMILES string of the molecule is CC(=O)O[C@@H]1C(O[C@@H]2OC(C)[C@H](O)C(O)[C@@H]2O[C@@H]2OC(C)[C@H](O)C(O[C@H]3OC(CO)[C@@H](O)C(O)C3O)[C@@H]2O)[C@@H](O)C(C)O[C@H]1O. The third-order valence-electron chi connectivity index (χ3n) is 8.37. The molecule has 19 heteroatoms. The summed E-state index contributed by atoms with van der Waals surface area (Å²) in [5.41, 5.74) is 0.